The maximum atomic E-state index is 13.4. The van der Waals surface area contributed by atoms with Crippen LogP contribution in [-0.2, 0) is 0 Å². The highest BCUT2D eigenvalue weighted by atomic mass is 35.5. The number of rotatable bonds is 2. The van der Waals surface area contributed by atoms with E-state index in [0.717, 1.165) is 6.07 Å². The van der Waals surface area contributed by atoms with Crippen LogP contribution >= 0.6 is 11.6 Å². The van der Waals surface area contributed by atoms with Gasteiger partial charge in [0.2, 0.25) is 0 Å². The molecule has 86 valence electrons. The van der Waals surface area contributed by atoms with Crippen LogP contribution in [0.15, 0.2) is 42.7 Å². The van der Waals surface area contributed by atoms with Gasteiger partial charge >= 0.3 is 0 Å². The van der Waals surface area contributed by atoms with E-state index in [1.54, 1.807) is 18.3 Å². The van der Waals surface area contributed by atoms with Crippen LogP contribution in [0.2, 0.25) is 5.02 Å². The Balaban J connectivity index is 2.23. The van der Waals surface area contributed by atoms with Gasteiger partial charge in [0.25, 0.3) is 5.91 Å². The first-order valence-electron chi connectivity index (χ1n) is 4.83. The van der Waals surface area contributed by atoms with Crippen LogP contribution in [0.25, 0.3) is 0 Å². The monoisotopic (exact) mass is 250 g/mol. The summed E-state index contributed by atoms with van der Waals surface area (Å²) in [5.74, 6) is -1.17. The second kappa shape index (κ2) is 4.93. The van der Waals surface area contributed by atoms with Gasteiger partial charge in [-0.3, -0.25) is 9.78 Å². The zero-order valence-electron chi connectivity index (χ0n) is 8.65. The minimum Gasteiger partial charge on any atom is -0.320 e. The maximum absolute atomic E-state index is 13.4. The van der Waals surface area contributed by atoms with Crippen molar-refractivity contribution in [2.75, 3.05) is 5.32 Å². The van der Waals surface area contributed by atoms with Crippen molar-refractivity contribution >= 4 is 23.2 Å². The van der Waals surface area contributed by atoms with Crippen LogP contribution in [0.5, 0.6) is 0 Å². The van der Waals surface area contributed by atoms with Crippen molar-refractivity contribution < 1.29 is 9.18 Å². The SMILES string of the molecule is O=C(Nc1cccnc1)c1cc(Cl)ccc1F. The third-order valence-corrected chi connectivity index (χ3v) is 2.33. The summed E-state index contributed by atoms with van der Waals surface area (Å²) < 4.78 is 13.4. The lowest BCUT2D eigenvalue weighted by Gasteiger charge is -2.05. The van der Waals surface area contributed by atoms with Crippen LogP contribution in [0.1, 0.15) is 10.4 Å². The Kier molecular flexibility index (Phi) is 3.35. The lowest BCUT2D eigenvalue weighted by Crippen LogP contribution is -2.13. The molecule has 1 amide bonds. The molecule has 1 heterocycles. The van der Waals surface area contributed by atoms with Gasteiger partial charge in [-0.05, 0) is 30.3 Å². The van der Waals surface area contributed by atoms with Gasteiger partial charge in [0.15, 0.2) is 0 Å². The van der Waals surface area contributed by atoms with Crippen LogP contribution in [0.3, 0.4) is 0 Å². The highest BCUT2D eigenvalue weighted by Crippen LogP contribution is 2.16. The van der Waals surface area contributed by atoms with Gasteiger partial charge in [-0.2, -0.15) is 0 Å². The summed E-state index contributed by atoms with van der Waals surface area (Å²) in [6, 6.07) is 7.15. The van der Waals surface area contributed by atoms with E-state index >= 15 is 0 Å². The minimum atomic E-state index is -0.615. The number of halogens is 2. The molecular weight excluding hydrogens is 243 g/mol. The fourth-order valence-electron chi connectivity index (χ4n) is 1.31. The van der Waals surface area contributed by atoms with Gasteiger partial charge in [-0.15, -0.1) is 0 Å². The fraction of sp³-hybridized carbons (Fsp3) is 0. The van der Waals surface area contributed by atoms with Gasteiger partial charge in [0, 0.05) is 11.2 Å². The lowest BCUT2D eigenvalue weighted by atomic mass is 10.2. The van der Waals surface area contributed by atoms with E-state index in [0.29, 0.717) is 10.7 Å². The van der Waals surface area contributed by atoms with Crippen molar-refractivity contribution in [3.63, 3.8) is 0 Å². The smallest absolute Gasteiger partial charge is 0.258 e. The Bertz CT molecular complexity index is 545. The normalized spacial score (nSPS) is 10.0. The molecule has 0 radical (unpaired) electrons. The van der Waals surface area contributed by atoms with Gasteiger partial charge in [0.1, 0.15) is 5.82 Å². The third-order valence-electron chi connectivity index (χ3n) is 2.09. The van der Waals surface area contributed by atoms with Crippen LogP contribution in [0.4, 0.5) is 10.1 Å². The van der Waals surface area contributed by atoms with Crippen LogP contribution < -0.4 is 5.32 Å². The predicted molar refractivity (Wildman–Crippen MR) is 63.6 cm³/mol. The third kappa shape index (κ3) is 2.79. The topological polar surface area (TPSA) is 42.0 Å². The molecule has 2 rings (SSSR count). The first kappa shape index (κ1) is 11.5. The number of hydrogen-bond donors (Lipinski definition) is 1. The number of anilines is 1. The molecule has 2 aromatic rings. The fourth-order valence-corrected chi connectivity index (χ4v) is 1.48. The summed E-state index contributed by atoms with van der Waals surface area (Å²) in [6.45, 7) is 0. The Labute approximate surface area is 102 Å². The summed E-state index contributed by atoms with van der Waals surface area (Å²) in [5, 5.41) is 2.83. The molecule has 5 heteroatoms. The molecule has 1 aromatic heterocycles. The minimum absolute atomic E-state index is 0.0960. The first-order valence-corrected chi connectivity index (χ1v) is 5.21. The number of nitrogens with one attached hydrogen (secondary N) is 1. The summed E-state index contributed by atoms with van der Waals surface area (Å²) in [5.41, 5.74) is 0.401. The standard InChI is InChI=1S/C12H8ClFN2O/c13-8-3-4-11(14)10(6-8)12(17)16-9-2-1-5-15-7-9/h1-7H,(H,16,17). The zero-order chi connectivity index (χ0) is 12.3. The van der Waals surface area contributed by atoms with E-state index in [1.165, 1.54) is 18.3 Å². The van der Waals surface area contributed by atoms with E-state index in [-0.39, 0.29) is 5.56 Å². The second-order valence-corrected chi connectivity index (χ2v) is 3.76. The molecule has 1 N–H and O–H groups in total. The van der Waals surface area contributed by atoms with Crippen molar-refractivity contribution in [2.45, 2.75) is 0 Å². The van der Waals surface area contributed by atoms with Crippen molar-refractivity contribution in [2.24, 2.45) is 0 Å². The Morgan fingerprint density at radius 3 is 2.88 bits per heavy atom. The molecule has 0 unspecified atom stereocenters. The van der Waals surface area contributed by atoms with Gasteiger partial charge in [-0.1, -0.05) is 11.6 Å². The van der Waals surface area contributed by atoms with Crippen molar-refractivity contribution in [3.8, 4) is 0 Å². The summed E-state index contributed by atoms with van der Waals surface area (Å²) in [7, 11) is 0. The van der Waals surface area contributed by atoms with Crippen LogP contribution in [0, 0.1) is 5.82 Å². The number of pyridine rings is 1. The van der Waals surface area contributed by atoms with E-state index in [2.05, 4.69) is 10.3 Å². The highest BCUT2D eigenvalue weighted by molar-refractivity contribution is 6.31. The molecule has 0 aliphatic heterocycles. The molecule has 0 saturated heterocycles. The lowest BCUT2D eigenvalue weighted by molar-refractivity contribution is 0.102. The Morgan fingerprint density at radius 2 is 2.18 bits per heavy atom. The second-order valence-electron chi connectivity index (χ2n) is 3.32. The van der Waals surface area contributed by atoms with Crippen LogP contribution in [-0.4, -0.2) is 10.9 Å². The largest absolute Gasteiger partial charge is 0.320 e. The summed E-state index contributed by atoms with van der Waals surface area (Å²) >= 11 is 5.70. The number of nitrogens with zero attached hydrogens (tertiary/aromatic N) is 1. The number of aromatic nitrogens is 1. The summed E-state index contributed by atoms with van der Waals surface area (Å²) in [4.78, 5) is 15.6. The van der Waals surface area contributed by atoms with Crippen molar-refractivity contribution in [1.82, 2.24) is 4.98 Å². The molecule has 1 aromatic carbocycles. The first-order chi connectivity index (χ1) is 8.16. The van der Waals surface area contributed by atoms with Gasteiger partial charge < -0.3 is 5.32 Å². The summed E-state index contributed by atoms with van der Waals surface area (Å²) in [6.07, 6.45) is 3.05. The molecule has 0 fully saturated rings. The number of hydrogen-bond acceptors (Lipinski definition) is 2. The van der Waals surface area contributed by atoms with E-state index < -0.39 is 11.7 Å². The maximum Gasteiger partial charge on any atom is 0.258 e. The van der Waals surface area contributed by atoms with Gasteiger partial charge in [0.05, 0.1) is 17.4 Å². The molecule has 0 spiro atoms. The Hall–Kier alpha value is -1.94. The quantitative estimate of drug-likeness (QED) is 0.890. The van der Waals surface area contributed by atoms with Crippen molar-refractivity contribution in [3.05, 3.63) is 59.1 Å². The van der Waals surface area contributed by atoms with E-state index in [1.807, 2.05) is 0 Å². The van der Waals surface area contributed by atoms with Crippen molar-refractivity contribution in [1.29, 1.82) is 0 Å². The molecule has 17 heavy (non-hydrogen) atoms. The molecular formula is C12H8ClFN2O. The average molecular weight is 251 g/mol. The molecule has 0 atom stereocenters. The number of carbonyl (C=O) groups is 1. The number of carbonyl (C=O) groups excluding carboxylic acids is 1. The predicted octanol–water partition coefficient (Wildman–Crippen LogP) is 3.13. The van der Waals surface area contributed by atoms with Gasteiger partial charge in [-0.25, -0.2) is 4.39 Å². The number of benzene rings is 1. The highest BCUT2D eigenvalue weighted by Gasteiger charge is 2.12. The molecule has 0 saturated carbocycles. The number of amides is 1. The molecule has 0 bridgehead atoms. The van der Waals surface area contributed by atoms with E-state index in [9.17, 15) is 9.18 Å². The molecule has 0 aliphatic rings. The van der Waals surface area contributed by atoms with E-state index in [4.69, 9.17) is 11.6 Å². The zero-order valence-corrected chi connectivity index (χ0v) is 9.41. The molecule has 3 nitrogen and oxygen atoms in total. The Morgan fingerprint density at radius 1 is 1.35 bits per heavy atom. The molecule has 0 aliphatic carbocycles. The average Bonchev–Trinajstić information content (AvgIpc) is 2.33.